The molecule has 0 aliphatic heterocycles. The molecule has 0 saturated heterocycles. The van der Waals surface area contributed by atoms with Gasteiger partial charge in [-0.1, -0.05) is 30.3 Å². The number of hydrogen-bond acceptors (Lipinski definition) is 4. The molecule has 0 bridgehead atoms. The number of H-pyrrole nitrogens is 1. The molecule has 0 radical (unpaired) electrons. The number of nitrogens with zero attached hydrogens (tertiary/aromatic N) is 1. The number of fused-ring (bicyclic) bond motifs is 1. The van der Waals surface area contributed by atoms with Crippen molar-refractivity contribution in [3.05, 3.63) is 76.1 Å². The second-order valence-electron chi connectivity index (χ2n) is 6.54. The molecule has 0 fully saturated rings. The van der Waals surface area contributed by atoms with E-state index in [0.717, 1.165) is 15.3 Å². The zero-order valence-corrected chi connectivity index (χ0v) is 16.4. The third kappa shape index (κ3) is 4.13. The molecular weight excluding hydrogens is 378 g/mol. The summed E-state index contributed by atoms with van der Waals surface area (Å²) in [4.78, 5) is 27.4. The Hall–Kier alpha value is -2.97. The lowest BCUT2D eigenvalue weighted by Crippen LogP contribution is -2.31. The van der Waals surface area contributed by atoms with Crippen LogP contribution in [0.3, 0.4) is 0 Å². The number of benzene rings is 2. The molecule has 0 spiro atoms. The van der Waals surface area contributed by atoms with E-state index < -0.39 is 21.5 Å². The van der Waals surface area contributed by atoms with Crippen LogP contribution in [-0.4, -0.2) is 44.3 Å². The third-order valence-electron chi connectivity index (χ3n) is 4.40. The Balaban J connectivity index is 1.64. The number of aromatic nitrogens is 1. The van der Waals surface area contributed by atoms with E-state index in [2.05, 4.69) is 10.3 Å². The minimum atomic E-state index is -3.46. The van der Waals surface area contributed by atoms with Crippen LogP contribution < -0.4 is 10.9 Å². The Bertz CT molecular complexity index is 1170. The monoisotopic (exact) mass is 399 g/mol. The summed E-state index contributed by atoms with van der Waals surface area (Å²) >= 11 is 0. The van der Waals surface area contributed by atoms with Crippen LogP contribution in [0, 0.1) is 0 Å². The van der Waals surface area contributed by atoms with Crippen LogP contribution in [0.4, 0.5) is 0 Å². The topological polar surface area (TPSA) is 99.3 Å². The van der Waals surface area contributed by atoms with Gasteiger partial charge < -0.3 is 10.3 Å². The molecule has 2 aromatic carbocycles. The fourth-order valence-corrected chi connectivity index (χ4v) is 3.67. The summed E-state index contributed by atoms with van der Waals surface area (Å²) in [6.45, 7) is 0.324. The number of rotatable bonds is 6. The van der Waals surface area contributed by atoms with Crippen molar-refractivity contribution in [1.82, 2.24) is 14.6 Å². The van der Waals surface area contributed by atoms with Crippen molar-refractivity contribution in [1.29, 1.82) is 0 Å². The van der Waals surface area contributed by atoms with Crippen molar-refractivity contribution in [2.24, 2.45) is 0 Å². The number of aromatic amines is 1. The second-order valence-corrected chi connectivity index (χ2v) is 8.69. The Labute approximate surface area is 163 Å². The van der Waals surface area contributed by atoms with Crippen LogP contribution >= 0.6 is 0 Å². The van der Waals surface area contributed by atoms with Crippen LogP contribution in [0.25, 0.3) is 10.9 Å². The van der Waals surface area contributed by atoms with Gasteiger partial charge >= 0.3 is 0 Å². The Morgan fingerprint density at radius 1 is 1.07 bits per heavy atom. The number of nitrogens with one attached hydrogen (secondary N) is 2. The summed E-state index contributed by atoms with van der Waals surface area (Å²) in [5.74, 6) is -0.446. The van der Waals surface area contributed by atoms with Crippen LogP contribution in [0.2, 0.25) is 0 Å². The highest BCUT2D eigenvalue weighted by Gasteiger charge is 2.16. The molecule has 1 amide bonds. The summed E-state index contributed by atoms with van der Waals surface area (Å²) in [5, 5.41) is 3.51. The Morgan fingerprint density at radius 3 is 2.43 bits per heavy atom. The lowest BCUT2D eigenvalue weighted by molar-refractivity contribution is 0.0953. The number of para-hydroxylation sites is 1. The Morgan fingerprint density at radius 2 is 1.75 bits per heavy atom. The first-order chi connectivity index (χ1) is 13.3. The molecule has 1 aromatic heterocycles. The number of pyridine rings is 1. The third-order valence-corrected chi connectivity index (χ3v) is 6.23. The van der Waals surface area contributed by atoms with E-state index in [1.807, 2.05) is 18.2 Å². The average Bonchev–Trinajstić information content (AvgIpc) is 2.67. The van der Waals surface area contributed by atoms with Gasteiger partial charge in [0.25, 0.3) is 11.5 Å². The van der Waals surface area contributed by atoms with Gasteiger partial charge in [-0.2, -0.15) is 0 Å². The molecule has 0 unspecified atom stereocenters. The zero-order valence-electron chi connectivity index (χ0n) is 15.6. The fraction of sp³-hybridized carbons (Fsp3) is 0.200. The first kappa shape index (κ1) is 19.8. The molecule has 0 aliphatic carbocycles. The highest BCUT2D eigenvalue weighted by molar-refractivity contribution is 7.89. The highest BCUT2D eigenvalue weighted by atomic mass is 32.2. The molecule has 0 atom stereocenters. The van der Waals surface area contributed by atoms with Crippen molar-refractivity contribution >= 4 is 26.8 Å². The van der Waals surface area contributed by atoms with Gasteiger partial charge in [-0.25, -0.2) is 12.7 Å². The van der Waals surface area contributed by atoms with Gasteiger partial charge in [0.2, 0.25) is 10.0 Å². The van der Waals surface area contributed by atoms with Crippen molar-refractivity contribution < 1.29 is 13.2 Å². The summed E-state index contributed by atoms with van der Waals surface area (Å²) in [5.41, 5.74) is 1.18. The lowest BCUT2D eigenvalue weighted by Gasteiger charge is -2.11. The number of carbonyl (C=O) groups excluding carboxylic acids is 1. The molecule has 3 rings (SSSR count). The maximum Gasteiger partial charge on any atom is 0.261 e. The van der Waals surface area contributed by atoms with E-state index in [4.69, 9.17) is 0 Å². The maximum absolute atomic E-state index is 12.3. The molecular formula is C20H21N3O4S. The van der Waals surface area contributed by atoms with Gasteiger partial charge in [-0.3, -0.25) is 9.59 Å². The van der Waals surface area contributed by atoms with Gasteiger partial charge in [0.1, 0.15) is 5.56 Å². The van der Waals surface area contributed by atoms with Gasteiger partial charge in [-0.15, -0.1) is 0 Å². The largest absolute Gasteiger partial charge is 0.352 e. The van der Waals surface area contributed by atoms with Crippen LogP contribution in [0.5, 0.6) is 0 Å². The predicted octanol–water partition coefficient (Wildman–Crippen LogP) is 1.75. The van der Waals surface area contributed by atoms with E-state index in [9.17, 15) is 18.0 Å². The SMILES string of the molecule is CN(C)S(=O)(=O)c1ccc(CCNC(=O)c2cc3ccccc3[nH]c2=O)cc1. The normalized spacial score (nSPS) is 11.7. The van der Waals surface area contributed by atoms with Crippen LogP contribution in [0.1, 0.15) is 15.9 Å². The predicted molar refractivity (Wildman–Crippen MR) is 108 cm³/mol. The van der Waals surface area contributed by atoms with Crippen molar-refractivity contribution in [2.75, 3.05) is 20.6 Å². The first-order valence-corrected chi connectivity index (χ1v) is 10.1. The minimum absolute atomic E-state index is 0.0612. The molecule has 8 heteroatoms. The van der Waals surface area contributed by atoms with Crippen LogP contribution in [0.15, 0.2) is 64.3 Å². The Kier molecular flexibility index (Phi) is 5.62. The standard InChI is InChI=1S/C20H21N3O4S/c1-23(2)28(26,27)16-9-7-14(8-10-16)11-12-21-19(24)17-13-15-5-3-4-6-18(15)22-20(17)25/h3-10,13H,11-12H2,1-2H3,(H,21,24)(H,22,25). The highest BCUT2D eigenvalue weighted by Crippen LogP contribution is 2.14. The van der Waals surface area contributed by atoms with Gasteiger partial charge in [0.05, 0.1) is 4.90 Å². The van der Waals surface area contributed by atoms with Gasteiger partial charge in [0, 0.05) is 26.2 Å². The fourth-order valence-electron chi connectivity index (χ4n) is 2.77. The van der Waals surface area contributed by atoms with E-state index in [1.54, 1.807) is 36.4 Å². The van der Waals surface area contributed by atoms with E-state index in [1.165, 1.54) is 14.1 Å². The maximum atomic E-state index is 12.3. The average molecular weight is 399 g/mol. The first-order valence-electron chi connectivity index (χ1n) is 8.71. The summed E-state index contributed by atoms with van der Waals surface area (Å²) in [6, 6.07) is 15.3. The van der Waals surface area contributed by atoms with Crippen LogP contribution in [-0.2, 0) is 16.4 Å². The summed E-state index contributed by atoms with van der Waals surface area (Å²) < 4.78 is 25.3. The summed E-state index contributed by atoms with van der Waals surface area (Å²) in [7, 11) is -0.502. The number of sulfonamides is 1. The molecule has 0 aliphatic rings. The van der Waals surface area contributed by atoms with E-state index in [-0.39, 0.29) is 10.5 Å². The lowest BCUT2D eigenvalue weighted by atomic mass is 10.1. The quantitative estimate of drug-likeness (QED) is 0.660. The molecule has 1 heterocycles. The van der Waals surface area contributed by atoms with Gasteiger partial charge in [-0.05, 0) is 41.6 Å². The second kappa shape index (κ2) is 7.95. The zero-order chi connectivity index (χ0) is 20.3. The van der Waals surface area contributed by atoms with Gasteiger partial charge in [0.15, 0.2) is 0 Å². The minimum Gasteiger partial charge on any atom is -0.352 e. The molecule has 2 N–H and O–H groups in total. The van der Waals surface area contributed by atoms with Crippen molar-refractivity contribution in [2.45, 2.75) is 11.3 Å². The van der Waals surface area contributed by atoms with E-state index >= 15 is 0 Å². The molecule has 7 nitrogen and oxygen atoms in total. The summed E-state index contributed by atoms with van der Waals surface area (Å²) in [6.07, 6.45) is 0.513. The smallest absolute Gasteiger partial charge is 0.261 e. The molecule has 146 valence electrons. The van der Waals surface area contributed by atoms with Crippen molar-refractivity contribution in [3.8, 4) is 0 Å². The number of amides is 1. The van der Waals surface area contributed by atoms with Crippen molar-refractivity contribution in [3.63, 3.8) is 0 Å². The number of hydrogen-bond donors (Lipinski definition) is 2. The molecule has 0 saturated carbocycles. The van der Waals surface area contributed by atoms with E-state index in [0.29, 0.717) is 18.5 Å². The molecule has 28 heavy (non-hydrogen) atoms. The molecule has 3 aromatic rings. The number of carbonyl (C=O) groups is 1.